The molecule has 4 rings (SSSR count). The fourth-order valence-corrected chi connectivity index (χ4v) is 3.58. The number of aryl methyl sites for hydroxylation is 1. The van der Waals surface area contributed by atoms with Gasteiger partial charge in [0.1, 0.15) is 5.78 Å². The van der Waals surface area contributed by atoms with Crippen molar-refractivity contribution in [1.29, 1.82) is 0 Å². The molecular weight excluding hydrogens is 326 g/mol. The number of hydrogen-bond donors (Lipinski definition) is 0. The molecule has 0 atom stereocenters. The molecule has 5 heteroatoms. The molecule has 1 aliphatic rings. The number of benzene rings is 1. The maximum Gasteiger partial charge on any atom is 0.191 e. The first-order valence-corrected chi connectivity index (χ1v) is 9.11. The SMILES string of the molecule is Cc1ncc(-c2ccc3cnc(CC(=O)C4CCN(C)CC4)cc3c2)o1. The lowest BCUT2D eigenvalue weighted by Crippen LogP contribution is -2.34. The molecule has 26 heavy (non-hydrogen) atoms. The summed E-state index contributed by atoms with van der Waals surface area (Å²) >= 11 is 0. The van der Waals surface area contributed by atoms with Crippen LogP contribution in [0.5, 0.6) is 0 Å². The highest BCUT2D eigenvalue weighted by Gasteiger charge is 2.23. The summed E-state index contributed by atoms with van der Waals surface area (Å²) in [4.78, 5) is 23.6. The molecular formula is C21H23N3O2. The van der Waals surface area contributed by atoms with Crippen molar-refractivity contribution in [2.75, 3.05) is 20.1 Å². The number of piperidine rings is 1. The van der Waals surface area contributed by atoms with Gasteiger partial charge in [0.2, 0.25) is 0 Å². The van der Waals surface area contributed by atoms with Gasteiger partial charge < -0.3 is 9.32 Å². The minimum absolute atomic E-state index is 0.173. The topological polar surface area (TPSA) is 59.2 Å². The molecule has 1 saturated heterocycles. The number of pyridine rings is 1. The van der Waals surface area contributed by atoms with E-state index < -0.39 is 0 Å². The molecule has 0 radical (unpaired) electrons. The zero-order valence-electron chi connectivity index (χ0n) is 15.2. The summed E-state index contributed by atoms with van der Waals surface area (Å²) in [5.74, 6) is 1.89. The predicted molar refractivity (Wildman–Crippen MR) is 101 cm³/mol. The third-order valence-corrected chi connectivity index (χ3v) is 5.21. The minimum atomic E-state index is 0.173. The highest BCUT2D eigenvalue weighted by atomic mass is 16.4. The van der Waals surface area contributed by atoms with Crippen LogP contribution < -0.4 is 0 Å². The number of nitrogens with zero attached hydrogens (tertiary/aromatic N) is 3. The highest BCUT2D eigenvalue weighted by Crippen LogP contribution is 2.26. The van der Waals surface area contributed by atoms with Gasteiger partial charge in [0.05, 0.1) is 6.20 Å². The second-order valence-corrected chi connectivity index (χ2v) is 7.20. The van der Waals surface area contributed by atoms with Crippen LogP contribution in [0.2, 0.25) is 0 Å². The Hall–Kier alpha value is -2.53. The maximum absolute atomic E-state index is 12.6. The van der Waals surface area contributed by atoms with Gasteiger partial charge in [0.15, 0.2) is 11.7 Å². The van der Waals surface area contributed by atoms with Gasteiger partial charge in [-0.05, 0) is 50.5 Å². The Morgan fingerprint density at radius 2 is 1.96 bits per heavy atom. The number of oxazole rings is 1. The molecule has 3 heterocycles. The summed E-state index contributed by atoms with van der Waals surface area (Å²) in [5, 5.41) is 2.12. The van der Waals surface area contributed by atoms with Gasteiger partial charge in [0, 0.05) is 42.1 Å². The first-order valence-electron chi connectivity index (χ1n) is 9.11. The number of carbonyl (C=O) groups is 1. The third kappa shape index (κ3) is 3.53. The summed E-state index contributed by atoms with van der Waals surface area (Å²) in [6.45, 7) is 3.84. The molecule has 0 aliphatic carbocycles. The number of rotatable bonds is 4. The van der Waals surface area contributed by atoms with Crippen molar-refractivity contribution in [3.63, 3.8) is 0 Å². The van der Waals surface area contributed by atoms with Gasteiger partial charge in [-0.15, -0.1) is 0 Å². The summed E-state index contributed by atoms with van der Waals surface area (Å²) in [6, 6.07) is 8.13. The molecule has 0 bridgehead atoms. The van der Waals surface area contributed by atoms with Crippen LogP contribution in [0.3, 0.4) is 0 Å². The van der Waals surface area contributed by atoms with Crippen molar-refractivity contribution < 1.29 is 9.21 Å². The van der Waals surface area contributed by atoms with Crippen LogP contribution in [0.25, 0.3) is 22.1 Å². The average molecular weight is 349 g/mol. The van der Waals surface area contributed by atoms with Gasteiger partial charge in [-0.3, -0.25) is 9.78 Å². The van der Waals surface area contributed by atoms with E-state index in [1.807, 2.05) is 31.3 Å². The fraction of sp³-hybridized carbons (Fsp3) is 0.381. The van der Waals surface area contributed by atoms with Crippen LogP contribution in [-0.4, -0.2) is 40.8 Å². The molecule has 1 fully saturated rings. The van der Waals surface area contributed by atoms with Crippen molar-refractivity contribution in [3.05, 3.63) is 48.2 Å². The van der Waals surface area contributed by atoms with E-state index in [4.69, 9.17) is 4.42 Å². The van der Waals surface area contributed by atoms with E-state index in [0.717, 1.165) is 53.7 Å². The Bertz CT molecular complexity index is 939. The summed E-state index contributed by atoms with van der Waals surface area (Å²) in [6.07, 6.45) is 5.91. The standard InChI is InChI=1S/C21H23N3O2/c1-14-22-13-21(26-14)16-3-4-17-12-23-19(10-18(17)9-16)11-20(25)15-5-7-24(2)8-6-15/h3-4,9-10,12-13,15H,5-8,11H2,1-2H3. The molecule has 0 saturated carbocycles. The first-order chi connectivity index (χ1) is 12.6. The van der Waals surface area contributed by atoms with E-state index in [-0.39, 0.29) is 5.92 Å². The van der Waals surface area contributed by atoms with Crippen LogP contribution in [0, 0.1) is 12.8 Å². The number of hydrogen-bond acceptors (Lipinski definition) is 5. The Balaban J connectivity index is 1.55. The zero-order valence-corrected chi connectivity index (χ0v) is 15.2. The van der Waals surface area contributed by atoms with E-state index in [1.54, 1.807) is 6.20 Å². The van der Waals surface area contributed by atoms with E-state index in [9.17, 15) is 4.79 Å². The van der Waals surface area contributed by atoms with Gasteiger partial charge >= 0.3 is 0 Å². The number of Topliss-reactive ketones (excluding diaryl/α,β-unsaturated/α-hetero) is 1. The molecule has 0 unspecified atom stereocenters. The van der Waals surface area contributed by atoms with E-state index >= 15 is 0 Å². The largest absolute Gasteiger partial charge is 0.441 e. The Morgan fingerprint density at radius 1 is 1.15 bits per heavy atom. The number of likely N-dealkylation sites (tertiary alicyclic amines) is 1. The van der Waals surface area contributed by atoms with Crippen LogP contribution >= 0.6 is 0 Å². The van der Waals surface area contributed by atoms with Gasteiger partial charge in [-0.2, -0.15) is 0 Å². The Morgan fingerprint density at radius 3 is 2.69 bits per heavy atom. The molecule has 0 amide bonds. The van der Waals surface area contributed by atoms with Crippen molar-refractivity contribution in [2.45, 2.75) is 26.2 Å². The van der Waals surface area contributed by atoms with Crippen LogP contribution in [-0.2, 0) is 11.2 Å². The Labute approximate surface area is 153 Å². The van der Waals surface area contributed by atoms with Gasteiger partial charge in [0.25, 0.3) is 0 Å². The smallest absolute Gasteiger partial charge is 0.191 e. The maximum atomic E-state index is 12.6. The third-order valence-electron chi connectivity index (χ3n) is 5.21. The van der Waals surface area contributed by atoms with E-state index in [0.29, 0.717) is 18.1 Å². The predicted octanol–water partition coefficient (Wildman–Crippen LogP) is 3.65. The van der Waals surface area contributed by atoms with Crippen molar-refractivity contribution >= 4 is 16.6 Å². The first kappa shape index (κ1) is 16.9. The van der Waals surface area contributed by atoms with E-state index in [1.165, 1.54) is 0 Å². The average Bonchev–Trinajstić information content (AvgIpc) is 3.08. The minimum Gasteiger partial charge on any atom is -0.441 e. The molecule has 0 N–H and O–H groups in total. The van der Waals surface area contributed by atoms with E-state index in [2.05, 4.69) is 28.0 Å². The molecule has 3 aromatic rings. The normalized spacial score (nSPS) is 16.2. The Kier molecular flexibility index (Phi) is 4.55. The second kappa shape index (κ2) is 7.00. The van der Waals surface area contributed by atoms with Crippen LogP contribution in [0.4, 0.5) is 0 Å². The molecule has 0 spiro atoms. The fourth-order valence-electron chi connectivity index (χ4n) is 3.58. The lowest BCUT2D eigenvalue weighted by Gasteiger charge is -2.27. The molecule has 5 nitrogen and oxygen atoms in total. The van der Waals surface area contributed by atoms with Crippen molar-refractivity contribution in [3.8, 4) is 11.3 Å². The van der Waals surface area contributed by atoms with Gasteiger partial charge in [-0.25, -0.2) is 4.98 Å². The zero-order chi connectivity index (χ0) is 18.1. The molecule has 1 aliphatic heterocycles. The number of carbonyl (C=O) groups excluding carboxylic acids is 1. The van der Waals surface area contributed by atoms with Crippen LogP contribution in [0.1, 0.15) is 24.4 Å². The number of aromatic nitrogens is 2. The lowest BCUT2D eigenvalue weighted by atomic mass is 9.90. The monoisotopic (exact) mass is 349 g/mol. The van der Waals surface area contributed by atoms with Crippen molar-refractivity contribution in [2.24, 2.45) is 5.92 Å². The van der Waals surface area contributed by atoms with Crippen molar-refractivity contribution in [1.82, 2.24) is 14.9 Å². The number of fused-ring (bicyclic) bond motifs is 1. The summed E-state index contributed by atoms with van der Waals surface area (Å²) < 4.78 is 5.62. The second-order valence-electron chi connectivity index (χ2n) is 7.20. The summed E-state index contributed by atoms with van der Waals surface area (Å²) in [7, 11) is 2.11. The summed E-state index contributed by atoms with van der Waals surface area (Å²) in [5.41, 5.74) is 1.82. The molecule has 134 valence electrons. The lowest BCUT2D eigenvalue weighted by molar-refractivity contribution is -0.123. The number of ketones is 1. The molecule has 2 aromatic heterocycles. The quantitative estimate of drug-likeness (QED) is 0.719. The van der Waals surface area contributed by atoms with Gasteiger partial charge in [-0.1, -0.05) is 12.1 Å². The van der Waals surface area contributed by atoms with Crippen LogP contribution in [0.15, 0.2) is 41.1 Å². The highest BCUT2D eigenvalue weighted by molar-refractivity contribution is 5.88. The molecule has 1 aromatic carbocycles.